The van der Waals surface area contributed by atoms with E-state index in [1.165, 1.54) is 16.7 Å². The number of hydrogen-bond donors (Lipinski definition) is 1. The number of amides is 1. The molecule has 8 heteroatoms. The van der Waals surface area contributed by atoms with Crippen molar-refractivity contribution in [2.45, 2.75) is 28.9 Å². The average molecular weight is 417 g/mol. The van der Waals surface area contributed by atoms with Gasteiger partial charge in [0.25, 0.3) is 0 Å². The second-order valence-electron chi connectivity index (χ2n) is 6.18. The van der Waals surface area contributed by atoms with Crippen LogP contribution in [0.3, 0.4) is 0 Å². The fourth-order valence-electron chi connectivity index (χ4n) is 2.67. The molecule has 1 aliphatic rings. The van der Waals surface area contributed by atoms with Crippen molar-refractivity contribution in [3.05, 3.63) is 47.8 Å². The Labute approximate surface area is 171 Å². The first-order valence-corrected chi connectivity index (χ1v) is 11.7. The lowest BCUT2D eigenvalue weighted by molar-refractivity contribution is -0.118. The molecule has 0 unspecified atom stereocenters. The van der Waals surface area contributed by atoms with Gasteiger partial charge in [-0.1, -0.05) is 36.0 Å². The molecule has 0 radical (unpaired) electrons. The van der Waals surface area contributed by atoms with E-state index in [0.29, 0.717) is 18.3 Å². The molecule has 0 bridgehead atoms. The highest BCUT2D eigenvalue weighted by Crippen LogP contribution is 2.41. The number of carbonyl (C=O) groups is 1. The number of carbonyl (C=O) groups excluding carboxylic acids is 1. The van der Waals surface area contributed by atoms with Crippen molar-refractivity contribution in [1.82, 2.24) is 20.1 Å². The number of aromatic nitrogens is 3. The molecule has 2 heterocycles. The minimum atomic E-state index is 0.0386. The van der Waals surface area contributed by atoms with E-state index >= 15 is 0 Å². The monoisotopic (exact) mass is 416 g/mol. The van der Waals surface area contributed by atoms with Crippen molar-refractivity contribution >= 4 is 40.8 Å². The van der Waals surface area contributed by atoms with E-state index in [-0.39, 0.29) is 5.91 Å². The Hall–Kier alpha value is -1.77. The van der Waals surface area contributed by atoms with E-state index in [0.717, 1.165) is 34.5 Å². The van der Waals surface area contributed by atoms with Crippen LogP contribution in [0.4, 0.5) is 0 Å². The van der Waals surface area contributed by atoms with Crippen molar-refractivity contribution in [2.75, 3.05) is 18.1 Å². The van der Waals surface area contributed by atoms with Gasteiger partial charge in [0.1, 0.15) is 0 Å². The van der Waals surface area contributed by atoms with Crippen LogP contribution < -0.4 is 5.32 Å². The molecule has 0 atom stereocenters. The molecule has 2 aromatic heterocycles. The number of thioether (sulfide) groups is 2. The van der Waals surface area contributed by atoms with E-state index in [4.69, 9.17) is 0 Å². The van der Waals surface area contributed by atoms with Crippen LogP contribution in [-0.2, 0) is 4.79 Å². The summed E-state index contributed by atoms with van der Waals surface area (Å²) in [5.74, 6) is 2.19. The summed E-state index contributed by atoms with van der Waals surface area (Å²) >= 11 is 4.89. The van der Waals surface area contributed by atoms with Crippen molar-refractivity contribution in [2.24, 2.45) is 0 Å². The molecule has 4 rings (SSSR count). The lowest BCUT2D eigenvalue weighted by Crippen LogP contribution is -2.27. The molecule has 1 saturated carbocycles. The maximum atomic E-state index is 12.2. The zero-order valence-corrected chi connectivity index (χ0v) is 17.2. The van der Waals surface area contributed by atoms with Crippen LogP contribution in [0.5, 0.6) is 0 Å². The van der Waals surface area contributed by atoms with E-state index in [1.54, 1.807) is 23.1 Å². The Kier molecular flexibility index (Phi) is 6.16. The standard InChI is InChI=1S/C19H20N4OS3/c24-17(20-10-12-25-15-5-2-1-3-6-15)13-27-19-22-21-18(16-7-4-11-26-16)23(19)14-8-9-14/h1-7,11,14H,8-10,12-13H2,(H,20,24). The molecule has 1 aliphatic carbocycles. The molecule has 1 aromatic carbocycles. The summed E-state index contributed by atoms with van der Waals surface area (Å²) in [4.78, 5) is 14.5. The Balaban J connectivity index is 1.27. The maximum Gasteiger partial charge on any atom is 0.230 e. The summed E-state index contributed by atoms with van der Waals surface area (Å²) in [6.07, 6.45) is 2.32. The van der Waals surface area contributed by atoms with Crippen molar-refractivity contribution in [3.63, 3.8) is 0 Å². The van der Waals surface area contributed by atoms with Crippen LogP contribution >= 0.6 is 34.9 Å². The lowest BCUT2D eigenvalue weighted by atomic mass is 10.4. The van der Waals surface area contributed by atoms with E-state index in [2.05, 4.69) is 43.7 Å². The number of nitrogens with one attached hydrogen (secondary N) is 1. The fraction of sp³-hybridized carbons (Fsp3) is 0.316. The molecule has 0 aliphatic heterocycles. The molecule has 140 valence electrons. The van der Waals surface area contributed by atoms with Crippen LogP contribution in [0.2, 0.25) is 0 Å². The number of hydrogen-bond acceptors (Lipinski definition) is 6. The highest BCUT2D eigenvalue weighted by atomic mass is 32.2. The summed E-state index contributed by atoms with van der Waals surface area (Å²) in [5.41, 5.74) is 0. The molecule has 1 N–H and O–H groups in total. The molecular formula is C19H20N4OS3. The van der Waals surface area contributed by atoms with E-state index in [9.17, 15) is 4.79 Å². The van der Waals surface area contributed by atoms with Crippen molar-refractivity contribution < 1.29 is 4.79 Å². The number of rotatable bonds is 9. The van der Waals surface area contributed by atoms with Gasteiger partial charge in [-0.15, -0.1) is 33.3 Å². The van der Waals surface area contributed by atoms with Crippen LogP contribution in [0.1, 0.15) is 18.9 Å². The first-order valence-electron chi connectivity index (χ1n) is 8.87. The third-order valence-electron chi connectivity index (χ3n) is 4.09. The highest BCUT2D eigenvalue weighted by molar-refractivity contribution is 7.99. The summed E-state index contributed by atoms with van der Waals surface area (Å²) < 4.78 is 2.20. The quantitative estimate of drug-likeness (QED) is 0.415. The van der Waals surface area contributed by atoms with Gasteiger partial charge in [-0.25, -0.2) is 0 Å². The average Bonchev–Trinajstić information content (AvgIpc) is 3.21. The largest absolute Gasteiger partial charge is 0.355 e. The maximum absolute atomic E-state index is 12.2. The second kappa shape index (κ2) is 8.95. The normalized spacial score (nSPS) is 13.6. The van der Waals surface area contributed by atoms with Gasteiger partial charge >= 0.3 is 0 Å². The molecule has 5 nitrogen and oxygen atoms in total. The molecular weight excluding hydrogens is 396 g/mol. The van der Waals surface area contributed by atoms with Gasteiger partial charge in [0.2, 0.25) is 5.91 Å². The van der Waals surface area contributed by atoms with Gasteiger partial charge in [0, 0.05) is 23.2 Å². The van der Waals surface area contributed by atoms with Crippen LogP contribution in [0.15, 0.2) is 57.9 Å². The SMILES string of the molecule is O=C(CSc1nnc(-c2cccs2)n1C1CC1)NCCSc1ccccc1. The second-order valence-corrected chi connectivity index (χ2v) is 9.24. The summed E-state index contributed by atoms with van der Waals surface area (Å²) in [5, 5.41) is 14.6. The predicted octanol–water partition coefficient (Wildman–Crippen LogP) is 4.34. The zero-order chi connectivity index (χ0) is 18.5. The predicted molar refractivity (Wildman–Crippen MR) is 113 cm³/mol. The molecule has 27 heavy (non-hydrogen) atoms. The first kappa shape index (κ1) is 18.6. The number of benzene rings is 1. The van der Waals surface area contributed by atoms with Crippen LogP contribution in [-0.4, -0.2) is 38.7 Å². The van der Waals surface area contributed by atoms with Gasteiger partial charge in [0.05, 0.1) is 10.6 Å². The van der Waals surface area contributed by atoms with E-state index < -0.39 is 0 Å². The molecule has 3 aromatic rings. The Morgan fingerprint density at radius 1 is 1.15 bits per heavy atom. The Morgan fingerprint density at radius 2 is 2.00 bits per heavy atom. The highest BCUT2D eigenvalue weighted by Gasteiger charge is 2.30. The van der Waals surface area contributed by atoms with Gasteiger partial charge in [-0.05, 0) is 36.4 Å². The Bertz CT molecular complexity index is 876. The van der Waals surface area contributed by atoms with E-state index in [1.807, 2.05) is 24.3 Å². The van der Waals surface area contributed by atoms with Crippen LogP contribution in [0, 0.1) is 0 Å². The first-order chi connectivity index (χ1) is 13.3. The molecule has 1 fully saturated rings. The summed E-state index contributed by atoms with van der Waals surface area (Å²) in [7, 11) is 0. The number of nitrogens with zero attached hydrogens (tertiary/aromatic N) is 3. The summed E-state index contributed by atoms with van der Waals surface area (Å²) in [6, 6.07) is 14.8. The van der Waals surface area contributed by atoms with Crippen molar-refractivity contribution in [1.29, 1.82) is 0 Å². The minimum Gasteiger partial charge on any atom is -0.355 e. The van der Waals surface area contributed by atoms with Crippen molar-refractivity contribution in [3.8, 4) is 10.7 Å². The third-order valence-corrected chi connectivity index (χ3v) is 6.91. The third kappa shape index (κ3) is 4.94. The van der Waals surface area contributed by atoms with Gasteiger partial charge in [-0.3, -0.25) is 9.36 Å². The zero-order valence-electron chi connectivity index (χ0n) is 14.7. The Morgan fingerprint density at radius 3 is 2.74 bits per heavy atom. The minimum absolute atomic E-state index is 0.0386. The topological polar surface area (TPSA) is 59.8 Å². The molecule has 0 saturated heterocycles. The van der Waals surface area contributed by atoms with Gasteiger partial charge in [-0.2, -0.15) is 0 Å². The summed E-state index contributed by atoms with van der Waals surface area (Å²) in [6.45, 7) is 0.661. The van der Waals surface area contributed by atoms with Gasteiger partial charge < -0.3 is 5.32 Å². The smallest absolute Gasteiger partial charge is 0.230 e. The molecule has 1 amide bonds. The lowest BCUT2D eigenvalue weighted by Gasteiger charge is -2.08. The number of thiophene rings is 1. The molecule has 0 spiro atoms. The fourth-order valence-corrected chi connectivity index (χ4v) is 5.00. The van der Waals surface area contributed by atoms with Gasteiger partial charge in [0.15, 0.2) is 11.0 Å². The van der Waals surface area contributed by atoms with Crippen LogP contribution in [0.25, 0.3) is 10.7 Å².